The molecular formula is C54H35N3. The minimum Gasteiger partial charge on any atom is -0.238 e. The summed E-state index contributed by atoms with van der Waals surface area (Å²) >= 11 is 0. The lowest BCUT2D eigenvalue weighted by Crippen LogP contribution is -2.28. The molecule has 266 valence electrons. The van der Waals surface area contributed by atoms with Crippen LogP contribution < -0.4 is 0 Å². The summed E-state index contributed by atoms with van der Waals surface area (Å²) in [6, 6.07) is 74.4. The molecule has 9 aromatic rings. The zero-order chi connectivity index (χ0) is 38.2. The second-order valence-electron chi connectivity index (χ2n) is 14.4. The van der Waals surface area contributed by atoms with Gasteiger partial charge in [-0.2, -0.15) is 0 Å². The first kappa shape index (κ1) is 33.9. The monoisotopic (exact) mass is 725 g/mol. The average molecular weight is 726 g/mol. The van der Waals surface area contributed by atoms with Gasteiger partial charge in [0, 0.05) is 16.7 Å². The summed E-state index contributed by atoms with van der Waals surface area (Å²) in [5, 5.41) is 0. The summed E-state index contributed by atoms with van der Waals surface area (Å²) in [6.07, 6.45) is 0. The van der Waals surface area contributed by atoms with E-state index in [4.69, 9.17) is 16.5 Å². The molecule has 1 heterocycles. The molecule has 0 spiro atoms. The molecule has 3 heteroatoms. The third-order valence-electron chi connectivity index (χ3n) is 11.2. The van der Waals surface area contributed by atoms with Gasteiger partial charge in [0.25, 0.3) is 0 Å². The summed E-state index contributed by atoms with van der Waals surface area (Å²) in [7, 11) is 0. The van der Waals surface area contributed by atoms with E-state index in [1.165, 1.54) is 27.8 Å². The second-order valence-corrected chi connectivity index (χ2v) is 14.4. The van der Waals surface area contributed by atoms with Crippen LogP contribution in [0.15, 0.2) is 212 Å². The van der Waals surface area contributed by atoms with Crippen LogP contribution in [0, 0.1) is 6.57 Å². The molecule has 0 atom stereocenters. The van der Waals surface area contributed by atoms with Gasteiger partial charge in [-0.25, -0.2) is 14.8 Å². The van der Waals surface area contributed by atoms with Crippen molar-refractivity contribution in [1.82, 2.24) is 9.97 Å². The Morgan fingerprint density at radius 1 is 0.368 bits per heavy atom. The lowest BCUT2D eigenvalue weighted by Gasteiger charge is -2.34. The topological polar surface area (TPSA) is 30.1 Å². The van der Waals surface area contributed by atoms with Crippen molar-refractivity contribution in [2.75, 3.05) is 0 Å². The molecule has 8 aromatic carbocycles. The van der Waals surface area contributed by atoms with Crippen LogP contribution in [0.25, 0.3) is 72.1 Å². The molecule has 1 aromatic heterocycles. The van der Waals surface area contributed by atoms with Gasteiger partial charge >= 0.3 is 0 Å². The van der Waals surface area contributed by atoms with E-state index in [0.717, 1.165) is 55.9 Å². The highest BCUT2D eigenvalue weighted by molar-refractivity contribution is 5.95. The van der Waals surface area contributed by atoms with E-state index in [0.29, 0.717) is 11.5 Å². The fourth-order valence-electron chi connectivity index (χ4n) is 8.55. The summed E-state index contributed by atoms with van der Waals surface area (Å²) in [5.74, 6) is 0.689. The maximum absolute atomic E-state index is 8.14. The number of rotatable bonds is 7. The van der Waals surface area contributed by atoms with Crippen molar-refractivity contribution in [3.8, 4) is 67.3 Å². The predicted molar refractivity (Wildman–Crippen MR) is 233 cm³/mol. The molecule has 0 saturated heterocycles. The molecule has 0 unspecified atom stereocenters. The highest BCUT2D eigenvalue weighted by atomic mass is 14.9. The van der Waals surface area contributed by atoms with Gasteiger partial charge in [0.15, 0.2) is 11.5 Å². The van der Waals surface area contributed by atoms with Gasteiger partial charge in [-0.05, 0) is 67.8 Å². The lowest BCUT2D eigenvalue weighted by atomic mass is 9.67. The van der Waals surface area contributed by atoms with Crippen LogP contribution in [0.3, 0.4) is 0 Å². The number of fused-ring (bicyclic) bond motifs is 3. The van der Waals surface area contributed by atoms with Crippen molar-refractivity contribution in [2.24, 2.45) is 0 Å². The van der Waals surface area contributed by atoms with E-state index in [1.54, 1.807) is 0 Å². The Morgan fingerprint density at radius 2 is 0.825 bits per heavy atom. The minimum absolute atomic E-state index is 0.589. The molecule has 1 aliphatic carbocycles. The van der Waals surface area contributed by atoms with E-state index < -0.39 is 5.41 Å². The molecule has 0 saturated carbocycles. The standard InChI is InChI=1S/C54H35N3/c1-55-49-24-14-23-47-52(49)46-34-33-43(35-48(46)54(47,44-19-10-4-11-20-44)45-21-12-5-13-22-45)39-27-31-41(32-28-39)51-36-50(56-53(57-51)42-17-8-3-9-18-42)40-29-25-38(26-30-40)37-15-6-2-7-16-37/h2-36H. The van der Waals surface area contributed by atoms with E-state index in [1.807, 2.05) is 36.4 Å². The van der Waals surface area contributed by atoms with E-state index in [2.05, 4.69) is 181 Å². The summed E-state index contributed by atoms with van der Waals surface area (Å²) in [4.78, 5) is 14.2. The molecule has 10 rings (SSSR count). The van der Waals surface area contributed by atoms with Gasteiger partial charge in [-0.1, -0.05) is 200 Å². The quantitative estimate of drug-likeness (QED) is 0.153. The lowest BCUT2D eigenvalue weighted by molar-refractivity contribution is 0.769. The number of nitrogens with zero attached hydrogens (tertiary/aromatic N) is 3. The molecular weight excluding hydrogens is 691 g/mol. The Kier molecular flexibility index (Phi) is 8.43. The Bertz CT molecular complexity index is 2880. The maximum atomic E-state index is 8.14. The molecule has 0 N–H and O–H groups in total. The molecule has 1 aliphatic rings. The molecule has 3 nitrogen and oxygen atoms in total. The fourth-order valence-corrected chi connectivity index (χ4v) is 8.55. The summed E-state index contributed by atoms with van der Waals surface area (Å²) in [5.41, 5.74) is 16.2. The molecule has 57 heavy (non-hydrogen) atoms. The van der Waals surface area contributed by atoms with E-state index >= 15 is 0 Å². The predicted octanol–water partition coefficient (Wildman–Crippen LogP) is 13.7. The SMILES string of the molecule is [C-]#[N+]c1cccc2c1-c1ccc(-c3ccc(-c4cc(-c5ccc(-c6ccccc6)cc5)nc(-c5ccccc5)n4)cc3)cc1C2(c1ccccc1)c1ccccc1. The van der Waals surface area contributed by atoms with Crippen molar-refractivity contribution in [2.45, 2.75) is 5.41 Å². The zero-order valence-corrected chi connectivity index (χ0v) is 31.0. The number of hydrogen-bond acceptors (Lipinski definition) is 2. The van der Waals surface area contributed by atoms with Crippen LogP contribution in [0.5, 0.6) is 0 Å². The smallest absolute Gasteiger partial charge is 0.195 e. The highest BCUT2D eigenvalue weighted by Gasteiger charge is 2.46. The molecule has 0 radical (unpaired) electrons. The third-order valence-corrected chi connectivity index (χ3v) is 11.2. The van der Waals surface area contributed by atoms with Crippen molar-refractivity contribution in [1.29, 1.82) is 0 Å². The van der Waals surface area contributed by atoms with Crippen molar-refractivity contribution in [3.05, 3.63) is 246 Å². The molecule has 0 fully saturated rings. The van der Waals surface area contributed by atoms with Gasteiger partial charge < -0.3 is 0 Å². The van der Waals surface area contributed by atoms with Crippen LogP contribution in [-0.2, 0) is 5.41 Å². The minimum atomic E-state index is -0.589. The number of benzene rings is 8. The number of aromatic nitrogens is 2. The Balaban J connectivity index is 1.08. The summed E-state index contributed by atoms with van der Waals surface area (Å²) in [6.45, 7) is 8.14. The third kappa shape index (κ3) is 5.84. The summed E-state index contributed by atoms with van der Waals surface area (Å²) < 4.78 is 0. The van der Waals surface area contributed by atoms with Crippen molar-refractivity contribution >= 4 is 5.69 Å². The molecule has 0 aliphatic heterocycles. The first-order valence-corrected chi connectivity index (χ1v) is 19.2. The second kappa shape index (κ2) is 14.2. The molecule has 0 bridgehead atoms. The van der Waals surface area contributed by atoms with Crippen molar-refractivity contribution < 1.29 is 0 Å². The Morgan fingerprint density at radius 3 is 1.37 bits per heavy atom. The van der Waals surface area contributed by atoms with Crippen LogP contribution in [0.4, 0.5) is 5.69 Å². The zero-order valence-electron chi connectivity index (χ0n) is 31.0. The van der Waals surface area contributed by atoms with Crippen LogP contribution in [-0.4, -0.2) is 9.97 Å². The van der Waals surface area contributed by atoms with Crippen LogP contribution >= 0.6 is 0 Å². The van der Waals surface area contributed by atoms with Crippen molar-refractivity contribution in [3.63, 3.8) is 0 Å². The van der Waals surface area contributed by atoms with Gasteiger partial charge in [-0.15, -0.1) is 0 Å². The van der Waals surface area contributed by atoms with Crippen LogP contribution in [0.2, 0.25) is 0 Å². The van der Waals surface area contributed by atoms with Crippen LogP contribution in [0.1, 0.15) is 22.3 Å². The first-order valence-electron chi connectivity index (χ1n) is 19.2. The first-order chi connectivity index (χ1) is 28.2. The Labute approximate surface area is 333 Å². The van der Waals surface area contributed by atoms with Gasteiger partial charge in [0.2, 0.25) is 0 Å². The largest absolute Gasteiger partial charge is 0.238 e. The normalized spacial score (nSPS) is 12.3. The highest BCUT2D eigenvalue weighted by Crippen LogP contribution is 2.59. The average Bonchev–Trinajstić information content (AvgIpc) is 3.61. The van der Waals surface area contributed by atoms with Gasteiger partial charge in [0.1, 0.15) is 0 Å². The van der Waals surface area contributed by atoms with E-state index in [9.17, 15) is 0 Å². The van der Waals surface area contributed by atoms with Gasteiger partial charge in [0.05, 0.1) is 23.4 Å². The van der Waals surface area contributed by atoms with E-state index in [-0.39, 0.29) is 0 Å². The van der Waals surface area contributed by atoms with Gasteiger partial charge in [-0.3, -0.25) is 0 Å². The number of hydrogen-bond donors (Lipinski definition) is 0. The Hall–Kier alpha value is -7.67. The maximum Gasteiger partial charge on any atom is 0.195 e. The fraction of sp³-hybridized carbons (Fsp3) is 0.0185. The molecule has 0 amide bonds.